The van der Waals surface area contributed by atoms with Gasteiger partial charge in [0.1, 0.15) is 5.75 Å². The highest BCUT2D eigenvalue weighted by Gasteiger charge is 2.24. The SMILES string of the molecule is COc1cccc(C2CCCCC2Br)c1. The van der Waals surface area contributed by atoms with Crippen LogP contribution in [0, 0.1) is 0 Å². The van der Waals surface area contributed by atoms with Crippen LogP contribution in [-0.4, -0.2) is 11.9 Å². The first kappa shape index (κ1) is 11.0. The molecule has 82 valence electrons. The minimum absolute atomic E-state index is 0.637. The van der Waals surface area contributed by atoms with Crippen LogP contribution in [0.1, 0.15) is 37.2 Å². The van der Waals surface area contributed by atoms with E-state index in [9.17, 15) is 0 Å². The normalized spacial score (nSPS) is 26.3. The maximum atomic E-state index is 5.27. The van der Waals surface area contributed by atoms with E-state index in [1.165, 1.54) is 31.2 Å². The first-order valence-corrected chi connectivity index (χ1v) is 6.51. The van der Waals surface area contributed by atoms with E-state index in [1.807, 2.05) is 6.07 Å². The summed E-state index contributed by atoms with van der Waals surface area (Å²) in [4.78, 5) is 0.637. The molecule has 0 radical (unpaired) electrons. The maximum Gasteiger partial charge on any atom is 0.119 e. The number of benzene rings is 1. The number of hydrogen-bond donors (Lipinski definition) is 0. The van der Waals surface area contributed by atoms with E-state index in [0.717, 1.165) is 5.75 Å². The van der Waals surface area contributed by atoms with Crippen molar-refractivity contribution in [1.82, 2.24) is 0 Å². The Balaban J connectivity index is 2.19. The molecule has 1 nitrogen and oxygen atoms in total. The molecule has 2 unspecified atom stereocenters. The lowest BCUT2D eigenvalue weighted by Gasteiger charge is -2.27. The van der Waals surface area contributed by atoms with Crippen molar-refractivity contribution in [3.63, 3.8) is 0 Å². The fourth-order valence-electron chi connectivity index (χ4n) is 2.33. The third kappa shape index (κ3) is 2.54. The van der Waals surface area contributed by atoms with Crippen LogP contribution in [0.5, 0.6) is 5.75 Å². The van der Waals surface area contributed by atoms with Crippen LogP contribution in [0.2, 0.25) is 0 Å². The van der Waals surface area contributed by atoms with Crippen LogP contribution in [0.25, 0.3) is 0 Å². The number of halogens is 1. The summed E-state index contributed by atoms with van der Waals surface area (Å²) in [6, 6.07) is 8.48. The number of alkyl halides is 1. The van der Waals surface area contributed by atoms with Crippen molar-refractivity contribution in [2.75, 3.05) is 7.11 Å². The zero-order valence-corrected chi connectivity index (χ0v) is 10.7. The van der Waals surface area contributed by atoms with Gasteiger partial charge < -0.3 is 4.74 Å². The summed E-state index contributed by atoms with van der Waals surface area (Å²) in [5.41, 5.74) is 1.41. The molecule has 1 fully saturated rings. The molecular formula is C13H17BrO. The van der Waals surface area contributed by atoms with Gasteiger partial charge in [0.2, 0.25) is 0 Å². The van der Waals surface area contributed by atoms with Crippen molar-refractivity contribution in [2.24, 2.45) is 0 Å². The van der Waals surface area contributed by atoms with Gasteiger partial charge in [-0.2, -0.15) is 0 Å². The summed E-state index contributed by atoms with van der Waals surface area (Å²) in [6.07, 6.45) is 5.30. The van der Waals surface area contributed by atoms with E-state index in [1.54, 1.807) is 7.11 Å². The number of rotatable bonds is 2. The second-order valence-corrected chi connectivity index (χ2v) is 5.36. The Morgan fingerprint density at radius 1 is 1.27 bits per heavy atom. The van der Waals surface area contributed by atoms with Gasteiger partial charge in [0.25, 0.3) is 0 Å². The minimum atomic E-state index is 0.637. The van der Waals surface area contributed by atoms with E-state index in [2.05, 4.69) is 34.1 Å². The molecule has 1 aliphatic carbocycles. The summed E-state index contributed by atoms with van der Waals surface area (Å²) >= 11 is 3.80. The van der Waals surface area contributed by atoms with Crippen molar-refractivity contribution in [3.05, 3.63) is 29.8 Å². The lowest BCUT2D eigenvalue weighted by atomic mass is 9.84. The van der Waals surface area contributed by atoms with Crippen LogP contribution in [0.15, 0.2) is 24.3 Å². The summed E-state index contributed by atoms with van der Waals surface area (Å²) < 4.78 is 5.27. The molecule has 2 atom stereocenters. The number of methoxy groups -OCH3 is 1. The molecule has 1 aliphatic rings. The predicted octanol–water partition coefficient (Wildman–Crippen LogP) is 4.12. The van der Waals surface area contributed by atoms with Crippen molar-refractivity contribution in [3.8, 4) is 5.75 Å². The molecule has 0 spiro atoms. The van der Waals surface area contributed by atoms with Crippen molar-refractivity contribution in [1.29, 1.82) is 0 Å². The Bertz CT molecular complexity index is 324. The third-order valence-corrected chi connectivity index (χ3v) is 4.30. The molecule has 15 heavy (non-hydrogen) atoms. The molecule has 2 heteroatoms. The van der Waals surface area contributed by atoms with Crippen LogP contribution in [-0.2, 0) is 0 Å². The quantitative estimate of drug-likeness (QED) is 0.734. The molecular weight excluding hydrogens is 252 g/mol. The zero-order chi connectivity index (χ0) is 10.7. The third-order valence-electron chi connectivity index (χ3n) is 3.20. The Morgan fingerprint density at radius 2 is 2.07 bits per heavy atom. The maximum absolute atomic E-state index is 5.27. The minimum Gasteiger partial charge on any atom is -0.497 e. The van der Waals surface area contributed by atoms with E-state index >= 15 is 0 Å². The average molecular weight is 269 g/mol. The highest BCUT2D eigenvalue weighted by Crippen LogP contribution is 2.38. The van der Waals surface area contributed by atoms with Crippen LogP contribution in [0.4, 0.5) is 0 Å². The van der Waals surface area contributed by atoms with Gasteiger partial charge in [-0.1, -0.05) is 40.9 Å². The molecule has 1 aromatic carbocycles. The molecule has 0 amide bonds. The van der Waals surface area contributed by atoms with Gasteiger partial charge in [0.15, 0.2) is 0 Å². The Morgan fingerprint density at radius 3 is 2.80 bits per heavy atom. The Labute approximate surface area is 100.0 Å². The van der Waals surface area contributed by atoms with E-state index < -0.39 is 0 Å². The van der Waals surface area contributed by atoms with Gasteiger partial charge in [-0.3, -0.25) is 0 Å². The Hall–Kier alpha value is -0.500. The molecule has 0 bridgehead atoms. The van der Waals surface area contributed by atoms with Crippen molar-refractivity contribution in [2.45, 2.75) is 36.4 Å². The fraction of sp³-hybridized carbons (Fsp3) is 0.538. The summed E-state index contributed by atoms with van der Waals surface area (Å²) in [7, 11) is 1.73. The number of hydrogen-bond acceptors (Lipinski definition) is 1. The molecule has 0 N–H and O–H groups in total. The van der Waals surface area contributed by atoms with Gasteiger partial charge in [-0.25, -0.2) is 0 Å². The highest BCUT2D eigenvalue weighted by atomic mass is 79.9. The summed E-state index contributed by atoms with van der Waals surface area (Å²) in [5, 5.41) is 0. The molecule has 1 aromatic rings. The standard InChI is InChI=1S/C13H17BrO/c1-15-11-6-4-5-10(9-11)12-7-2-3-8-13(12)14/h4-6,9,12-13H,2-3,7-8H2,1H3. The summed E-state index contributed by atoms with van der Waals surface area (Å²) in [5.74, 6) is 1.63. The van der Waals surface area contributed by atoms with E-state index in [4.69, 9.17) is 4.74 Å². The lowest BCUT2D eigenvalue weighted by Crippen LogP contribution is -2.17. The zero-order valence-electron chi connectivity index (χ0n) is 9.08. The second kappa shape index (κ2) is 5.02. The van der Waals surface area contributed by atoms with Crippen LogP contribution >= 0.6 is 15.9 Å². The molecule has 0 aromatic heterocycles. The van der Waals surface area contributed by atoms with Gasteiger partial charge in [-0.05, 0) is 36.5 Å². The van der Waals surface area contributed by atoms with Crippen LogP contribution < -0.4 is 4.74 Å². The van der Waals surface area contributed by atoms with Crippen molar-refractivity contribution < 1.29 is 4.74 Å². The van der Waals surface area contributed by atoms with Crippen LogP contribution in [0.3, 0.4) is 0 Å². The monoisotopic (exact) mass is 268 g/mol. The molecule has 0 aliphatic heterocycles. The van der Waals surface area contributed by atoms with Gasteiger partial charge in [0, 0.05) is 4.83 Å². The first-order chi connectivity index (χ1) is 7.31. The smallest absolute Gasteiger partial charge is 0.119 e. The van der Waals surface area contributed by atoms with E-state index in [-0.39, 0.29) is 0 Å². The molecule has 0 heterocycles. The average Bonchev–Trinajstić information content (AvgIpc) is 2.30. The van der Waals surface area contributed by atoms with Gasteiger partial charge in [0.05, 0.1) is 7.11 Å². The first-order valence-electron chi connectivity index (χ1n) is 5.59. The lowest BCUT2D eigenvalue weighted by molar-refractivity contribution is 0.411. The molecule has 2 rings (SSSR count). The van der Waals surface area contributed by atoms with E-state index in [0.29, 0.717) is 10.7 Å². The fourth-order valence-corrected chi connectivity index (χ4v) is 3.23. The summed E-state index contributed by atoms with van der Waals surface area (Å²) in [6.45, 7) is 0. The highest BCUT2D eigenvalue weighted by molar-refractivity contribution is 9.09. The molecule has 0 saturated heterocycles. The molecule has 1 saturated carbocycles. The van der Waals surface area contributed by atoms with Gasteiger partial charge in [-0.15, -0.1) is 0 Å². The Kier molecular flexibility index (Phi) is 3.68. The predicted molar refractivity (Wildman–Crippen MR) is 66.9 cm³/mol. The second-order valence-electron chi connectivity index (χ2n) is 4.18. The van der Waals surface area contributed by atoms with Gasteiger partial charge >= 0.3 is 0 Å². The van der Waals surface area contributed by atoms with Crippen molar-refractivity contribution >= 4 is 15.9 Å². The topological polar surface area (TPSA) is 9.23 Å². The number of ether oxygens (including phenoxy) is 1. The largest absolute Gasteiger partial charge is 0.497 e.